The Kier molecular flexibility index (Phi) is 4.12. The van der Waals surface area contributed by atoms with E-state index in [9.17, 15) is 9.18 Å². The number of benzene rings is 1. The summed E-state index contributed by atoms with van der Waals surface area (Å²) in [6, 6.07) is 9.06. The van der Waals surface area contributed by atoms with Gasteiger partial charge < -0.3 is 4.74 Å². The van der Waals surface area contributed by atoms with E-state index in [0.29, 0.717) is 5.69 Å². The van der Waals surface area contributed by atoms with Gasteiger partial charge in [-0.15, -0.1) is 0 Å². The Hall–Kier alpha value is -1.94. The van der Waals surface area contributed by atoms with Crippen molar-refractivity contribution in [2.24, 2.45) is 0 Å². The van der Waals surface area contributed by atoms with Crippen LogP contribution in [0.3, 0.4) is 0 Å². The van der Waals surface area contributed by atoms with Crippen LogP contribution in [0.5, 0.6) is 0 Å². The van der Waals surface area contributed by atoms with Crippen LogP contribution in [0.15, 0.2) is 36.4 Å². The number of esters is 1. The van der Waals surface area contributed by atoms with Gasteiger partial charge in [0.05, 0.1) is 17.9 Å². The highest BCUT2D eigenvalue weighted by molar-refractivity contribution is 6.32. The number of hydrogen-bond acceptors (Lipinski definition) is 3. The molecule has 0 aliphatic rings. The van der Waals surface area contributed by atoms with Crippen molar-refractivity contribution in [3.63, 3.8) is 0 Å². The molecule has 3 nitrogen and oxygen atoms in total. The zero-order chi connectivity index (χ0) is 13.8. The first-order chi connectivity index (χ1) is 9.11. The van der Waals surface area contributed by atoms with Gasteiger partial charge in [-0.05, 0) is 43.3 Å². The zero-order valence-electron chi connectivity index (χ0n) is 10.2. The van der Waals surface area contributed by atoms with Crippen LogP contribution in [-0.4, -0.2) is 17.6 Å². The molecule has 0 saturated heterocycles. The summed E-state index contributed by atoms with van der Waals surface area (Å²) in [5.74, 6) is -0.830. The molecule has 1 aromatic heterocycles. The standard InChI is InChI=1S/C14H11ClFNO2/c1-2-19-14(18)11-7-8-12(17-13(11)15)9-3-5-10(16)6-4-9/h3-8H,2H2,1H3. The summed E-state index contributed by atoms with van der Waals surface area (Å²) in [6.45, 7) is 1.99. The molecule has 0 bridgehead atoms. The van der Waals surface area contributed by atoms with E-state index in [0.717, 1.165) is 5.56 Å². The Morgan fingerprint density at radius 1 is 1.26 bits per heavy atom. The number of ether oxygens (including phenoxy) is 1. The van der Waals surface area contributed by atoms with Crippen LogP contribution < -0.4 is 0 Å². The summed E-state index contributed by atoms with van der Waals surface area (Å²) < 4.78 is 17.7. The Morgan fingerprint density at radius 3 is 2.53 bits per heavy atom. The summed E-state index contributed by atoms with van der Waals surface area (Å²) in [5, 5.41) is 0.0697. The van der Waals surface area contributed by atoms with Crippen LogP contribution >= 0.6 is 11.6 Å². The highest BCUT2D eigenvalue weighted by Gasteiger charge is 2.13. The van der Waals surface area contributed by atoms with Crippen LogP contribution in [-0.2, 0) is 4.74 Å². The second-order valence-corrected chi connectivity index (χ2v) is 4.12. The van der Waals surface area contributed by atoms with Gasteiger partial charge in [0, 0.05) is 5.56 Å². The molecule has 19 heavy (non-hydrogen) atoms. The molecule has 98 valence electrons. The second kappa shape index (κ2) is 5.80. The molecule has 0 amide bonds. The molecule has 0 radical (unpaired) electrons. The monoisotopic (exact) mass is 279 g/mol. The predicted octanol–water partition coefficient (Wildman–Crippen LogP) is 3.72. The maximum Gasteiger partial charge on any atom is 0.341 e. The molecule has 0 aliphatic carbocycles. The molecular formula is C14H11ClFNO2. The molecule has 1 aromatic carbocycles. The van der Waals surface area contributed by atoms with Crippen molar-refractivity contribution < 1.29 is 13.9 Å². The Labute approximate surface area is 115 Å². The van der Waals surface area contributed by atoms with Crippen molar-refractivity contribution in [2.45, 2.75) is 6.92 Å². The fourth-order valence-electron chi connectivity index (χ4n) is 1.58. The van der Waals surface area contributed by atoms with Crippen LogP contribution in [0.25, 0.3) is 11.3 Å². The molecule has 1 heterocycles. The molecule has 0 N–H and O–H groups in total. The van der Waals surface area contributed by atoms with Gasteiger partial charge in [-0.1, -0.05) is 11.6 Å². The number of aromatic nitrogens is 1. The number of pyridine rings is 1. The van der Waals surface area contributed by atoms with E-state index in [-0.39, 0.29) is 23.1 Å². The van der Waals surface area contributed by atoms with Crippen LogP contribution in [0.1, 0.15) is 17.3 Å². The number of halogens is 2. The normalized spacial score (nSPS) is 10.3. The molecule has 0 saturated carbocycles. The third kappa shape index (κ3) is 3.09. The fraction of sp³-hybridized carbons (Fsp3) is 0.143. The van der Waals surface area contributed by atoms with Crippen LogP contribution in [0, 0.1) is 5.82 Å². The zero-order valence-corrected chi connectivity index (χ0v) is 10.9. The van der Waals surface area contributed by atoms with E-state index < -0.39 is 5.97 Å². The summed E-state index contributed by atoms with van der Waals surface area (Å²) in [7, 11) is 0. The quantitative estimate of drug-likeness (QED) is 0.635. The molecule has 0 fully saturated rings. The molecule has 5 heteroatoms. The smallest absolute Gasteiger partial charge is 0.341 e. The largest absolute Gasteiger partial charge is 0.462 e. The van der Waals surface area contributed by atoms with E-state index in [1.807, 2.05) is 0 Å². The lowest BCUT2D eigenvalue weighted by Gasteiger charge is -2.06. The van der Waals surface area contributed by atoms with Gasteiger partial charge in [0.15, 0.2) is 0 Å². The lowest BCUT2D eigenvalue weighted by Crippen LogP contribution is -2.06. The van der Waals surface area contributed by atoms with Gasteiger partial charge in [-0.2, -0.15) is 0 Å². The minimum atomic E-state index is -0.509. The molecular weight excluding hydrogens is 269 g/mol. The molecule has 0 spiro atoms. The van der Waals surface area contributed by atoms with Crippen molar-refractivity contribution in [3.05, 3.63) is 52.9 Å². The van der Waals surface area contributed by atoms with E-state index in [1.54, 1.807) is 31.2 Å². The fourth-order valence-corrected chi connectivity index (χ4v) is 1.81. The lowest BCUT2D eigenvalue weighted by atomic mass is 10.1. The predicted molar refractivity (Wildman–Crippen MR) is 70.6 cm³/mol. The van der Waals surface area contributed by atoms with Gasteiger partial charge >= 0.3 is 5.97 Å². The molecule has 0 atom stereocenters. The molecule has 2 aromatic rings. The van der Waals surface area contributed by atoms with Crippen molar-refractivity contribution >= 4 is 17.6 Å². The first-order valence-corrected chi connectivity index (χ1v) is 6.09. The summed E-state index contributed by atoms with van der Waals surface area (Å²) in [6.07, 6.45) is 0. The number of hydrogen-bond donors (Lipinski definition) is 0. The lowest BCUT2D eigenvalue weighted by molar-refractivity contribution is 0.0526. The Bertz CT molecular complexity index is 599. The van der Waals surface area contributed by atoms with Crippen LogP contribution in [0.4, 0.5) is 4.39 Å². The second-order valence-electron chi connectivity index (χ2n) is 3.76. The maximum absolute atomic E-state index is 12.8. The van der Waals surface area contributed by atoms with Gasteiger partial charge in [0.1, 0.15) is 11.0 Å². The van der Waals surface area contributed by atoms with Gasteiger partial charge in [-0.25, -0.2) is 14.2 Å². The van der Waals surface area contributed by atoms with Crippen molar-refractivity contribution in [1.82, 2.24) is 4.98 Å². The third-order valence-corrected chi connectivity index (χ3v) is 2.77. The van der Waals surface area contributed by atoms with E-state index in [1.165, 1.54) is 12.1 Å². The summed E-state index contributed by atoms with van der Waals surface area (Å²) >= 11 is 5.96. The average molecular weight is 280 g/mol. The van der Waals surface area contributed by atoms with Gasteiger partial charge in [0.2, 0.25) is 0 Å². The van der Waals surface area contributed by atoms with Crippen molar-refractivity contribution in [2.75, 3.05) is 6.61 Å². The highest BCUT2D eigenvalue weighted by Crippen LogP contribution is 2.22. The molecule has 2 rings (SSSR count). The van der Waals surface area contributed by atoms with E-state index in [4.69, 9.17) is 16.3 Å². The Morgan fingerprint density at radius 2 is 1.95 bits per heavy atom. The minimum absolute atomic E-state index is 0.0697. The first-order valence-electron chi connectivity index (χ1n) is 5.71. The SMILES string of the molecule is CCOC(=O)c1ccc(-c2ccc(F)cc2)nc1Cl. The molecule has 0 unspecified atom stereocenters. The number of rotatable bonds is 3. The van der Waals surface area contributed by atoms with Gasteiger partial charge in [-0.3, -0.25) is 0 Å². The summed E-state index contributed by atoms with van der Waals surface area (Å²) in [4.78, 5) is 15.7. The van der Waals surface area contributed by atoms with Crippen LogP contribution in [0.2, 0.25) is 5.15 Å². The third-order valence-electron chi connectivity index (χ3n) is 2.48. The number of carbonyl (C=O) groups is 1. The Balaban J connectivity index is 2.33. The van der Waals surface area contributed by atoms with Crippen molar-refractivity contribution in [3.8, 4) is 11.3 Å². The van der Waals surface area contributed by atoms with E-state index >= 15 is 0 Å². The minimum Gasteiger partial charge on any atom is -0.462 e. The average Bonchev–Trinajstić information content (AvgIpc) is 2.39. The van der Waals surface area contributed by atoms with E-state index in [2.05, 4.69) is 4.98 Å². The number of carbonyl (C=O) groups excluding carboxylic acids is 1. The van der Waals surface area contributed by atoms with Crippen molar-refractivity contribution in [1.29, 1.82) is 0 Å². The topological polar surface area (TPSA) is 39.2 Å². The maximum atomic E-state index is 12.8. The first kappa shape index (κ1) is 13.5. The number of nitrogens with zero attached hydrogens (tertiary/aromatic N) is 1. The molecule has 0 aliphatic heterocycles. The van der Waals surface area contributed by atoms with Gasteiger partial charge in [0.25, 0.3) is 0 Å². The summed E-state index contributed by atoms with van der Waals surface area (Å²) in [5.41, 5.74) is 1.51. The highest BCUT2D eigenvalue weighted by atomic mass is 35.5.